The van der Waals surface area contributed by atoms with Crippen LogP contribution in [0.5, 0.6) is 0 Å². The third kappa shape index (κ3) is 8.26. The van der Waals surface area contributed by atoms with Crippen molar-refractivity contribution in [3.63, 3.8) is 0 Å². The summed E-state index contributed by atoms with van der Waals surface area (Å²) >= 11 is 1.23. The molecule has 62 valence electrons. The Hall–Kier alpha value is 0.260. The van der Waals surface area contributed by atoms with E-state index in [-0.39, 0.29) is 5.08 Å². The van der Waals surface area contributed by atoms with E-state index in [1.54, 1.807) is 0 Å². The van der Waals surface area contributed by atoms with Gasteiger partial charge < -0.3 is 0 Å². The SMILES string of the molecule is CC(C)CSCS(=O)(=O)O. The summed E-state index contributed by atoms with van der Waals surface area (Å²) in [5.41, 5.74) is 0. The van der Waals surface area contributed by atoms with Gasteiger partial charge in [-0.1, -0.05) is 13.8 Å². The van der Waals surface area contributed by atoms with E-state index in [0.717, 1.165) is 5.75 Å². The standard InChI is InChI=1S/C5H12O3S2/c1-5(2)3-9-4-10(6,7)8/h5H,3-4H2,1-2H3,(H,6,7,8). The van der Waals surface area contributed by atoms with Gasteiger partial charge in [0.2, 0.25) is 0 Å². The Morgan fingerprint density at radius 2 is 2.00 bits per heavy atom. The monoisotopic (exact) mass is 184 g/mol. The molecule has 0 amide bonds. The minimum Gasteiger partial charge on any atom is -0.285 e. The highest BCUT2D eigenvalue weighted by molar-refractivity contribution is 8.10. The van der Waals surface area contributed by atoms with Gasteiger partial charge in [-0.15, -0.1) is 11.8 Å². The van der Waals surface area contributed by atoms with Crippen molar-refractivity contribution in [2.45, 2.75) is 13.8 Å². The predicted octanol–water partition coefficient (Wildman–Crippen LogP) is 1.22. The van der Waals surface area contributed by atoms with Crippen molar-refractivity contribution >= 4 is 21.9 Å². The molecule has 0 atom stereocenters. The Morgan fingerprint density at radius 1 is 1.50 bits per heavy atom. The molecule has 1 N–H and O–H groups in total. The van der Waals surface area contributed by atoms with Crippen LogP contribution in [0.25, 0.3) is 0 Å². The fraction of sp³-hybridized carbons (Fsp3) is 1.00. The highest BCUT2D eigenvalue weighted by Crippen LogP contribution is 2.08. The minimum absolute atomic E-state index is 0.189. The smallest absolute Gasteiger partial charge is 0.274 e. The summed E-state index contributed by atoms with van der Waals surface area (Å²) in [4.78, 5) is 0. The van der Waals surface area contributed by atoms with E-state index in [2.05, 4.69) is 0 Å². The van der Waals surface area contributed by atoms with Gasteiger partial charge in [0.25, 0.3) is 10.1 Å². The van der Waals surface area contributed by atoms with Gasteiger partial charge in [-0.2, -0.15) is 8.42 Å². The van der Waals surface area contributed by atoms with E-state index < -0.39 is 10.1 Å². The zero-order chi connectivity index (χ0) is 8.20. The maximum Gasteiger partial charge on any atom is 0.274 e. The maximum absolute atomic E-state index is 10.1. The molecular formula is C5H12O3S2. The van der Waals surface area contributed by atoms with Gasteiger partial charge in [-0.3, -0.25) is 4.55 Å². The Balaban J connectivity index is 3.39. The van der Waals surface area contributed by atoms with Crippen molar-refractivity contribution in [2.75, 3.05) is 10.8 Å². The summed E-state index contributed by atoms with van der Waals surface area (Å²) in [6, 6.07) is 0. The predicted molar refractivity (Wildman–Crippen MR) is 43.7 cm³/mol. The Morgan fingerprint density at radius 3 is 2.30 bits per heavy atom. The molecule has 0 heterocycles. The quantitative estimate of drug-likeness (QED) is 0.667. The van der Waals surface area contributed by atoms with Crippen LogP contribution in [0.15, 0.2) is 0 Å². The lowest BCUT2D eigenvalue weighted by Crippen LogP contribution is -2.02. The van der Waals surface area contributed by atoms with Gasteiger partial charge >= 0.3 is 0 Å². The molecule has 0 saturated heterocycles. The highest BCUT2D eigenvalue weighted by Gasteiger charge is 2.04. The van der Waals surface area contributed by atoms with Gasteiger partial charge in [0.05, 0.1) is 0 Å². The van der Waals surface area contributed by atoms with Gasteiger partial charge in [-0.25, -0.2) is 0 Å². The average Bonchev–Trinajstić information content (AvgIpc) is 1.59. The molecule has 0 aromatic heterocycles. The molecular weight excluding hydrogens is 172 g/mol. The molecule has 5 heteroatoms. The van der Waals surface area contributed by atoms with Crippen molar-refractivity contribution in [3.05, 3.63) is 0 Å². The first-order valence-electron chi connectivity index (χ1n) is 2.94. The van der Waals surface area contributed by atoms with E-state index in [1.807, 2.05) is 13.8 Å². The topological polar surface area (TPSA) is 54.4 Å². The molecule has 0 radical (unpaired) electrons. The normalized spacial score (nSPS) is 12.4. The van der Waals surface area contributed by atoms with Crippen LogP contribution < -0.4 is 0 Å². The second-order valence-electron chi connectivity index (χ2n) is 2.46. The van der Waals surface area contributed by atoms with Crippen LogP contribution >= 0.6 is 11.8 Å². The average molecular weight is 184 g/mol. The Bertz CT molecular complexity index is 171. The molecule has 0 bridgehead atoms. The molecule has 0 aliphatic heterocycles. The summed E-state index contributed by atoms with van der Waals surface area (Å²) in [6.45, 7) is 3.99. The summed E-state index contributed by atoms with van der Waals surface area (Å²) in [5.74, 6) is 1.23. The summed E-state index contributed by atoms with van der Waals surface area (Å²) in [6.07, 6.45) is 0. The fourth-order valence-electron chi connectivity index (χ4n) is 0.389. The fourth-order valence-corrected chi connectivity index (χ4v) is 2.09. The first kappa shape index (κ1) is 10.3. The van der Waals surface area contributed by atoms with Crippen molar-refractivity contribution in [1.29, 1.82) is 0 Å². The van der Waals surface area contributed by atoms with Crippen LogP contribution in [0.4, 0.5) is 0 Å². The van der Waals surface area contributed by atoms with Crippen LogP contribution in [0.3, 0.4) is 0 Å². The van der Waals surface area contributed by atoms with Gasteiger partial charge in [-0.05, 0) is 11.7 Å². The lowest BCUT2D eigenvalue weighted by molar-refractivity contribution is 0.489. The molecule has 0 aromatic carbocycles. The molecule has 0 aliphatic carbocycles. The molecule has 0 fully saturated rings. The number of thioether (sulfide) groups is 1. The number of hydrogen-bond donors (Lipinski definition) is 1. The first-order valence-corrected chi connectivity index (χ1v) is 5.71. The Kier molecular flexibility index (Phi) is 4.31. The molecule has 0 unspecified atom stereocenters. The van der Waals surface area contributed by atoms with Gasteiger partial charge in [0, 0.05) is 0 Å². The lowest BCUT2D eigenvalue weighted by Gasteiger charge is -2.00. The molecule has 10 heavy (non-hydrogen) atoms. The molecule has 3 nitrogen and oxygen atoms in total. The van der Waals surface area contributed by atoms with Gasteiger partial charge in [0.15, 0.2) is 0 Å². The number of hydrogen-bond acceptors (Lipinski definition) is 3. The molecule has 0 spiro atoms. The minimum atomic E-state index is -3.76. The van der Waals surface area contributed by atoms with E-state index in [1.165, 1.54) is 11.8 Å². The molecule has 0 aliphatic rings. The summed E-state index contributed by atoms with van der Waals surface area (Å²) in [7, 11) is -3.76. The summed E-state index contributed by atoms with van der Waals surface area (Å²) < 4.78 is 28.6. The largest absolute Gasteiger partial charge is 0.285 e. The van der Waals surface area contributed by atoms with E-state index in [9.17, 15) is 8.42 Å². The zero-order valence-corrected chi connectivity index (χ0v) is 7.70. The van der Waals surface area contributed by atoms with Crippen LogP contribution in [-0.4, -0.2) is 23.8 Å². The highest BCUT2D eigenvalue weighted by atomic mass is 32.3. The van der Waals surface area contributed by atoms with Crippen LogP contribution in [0.2, 0.25) is 0 Å². The second-order valence-corrected chi connectivity index (χ2v) is 5.31. The van der Waals surface area contributed by atoms with Crippen molar-refractivity contribution in [2.24, 2.45) is 5.92 Å². The zero-order valence-electron chi connectivity index (χ0n) is 6.07. The molecule has 0 aromatic rings. The van der Waals surface area contributed by atoms with Gasteiger partial charge in [0.1, 0.15) is 5.08 Å². The van der Waals surface area contributed by atoms with Crippen molar-refractivity contribution < 1.29 is 13.0 Å². The first-order chi connectivity index (χ1) is 4.42. The third-order valence-corrected chi connectivity index (χ3v) is 3.44. The third-order valence-electron chi connectivity index (χ3n) is 0.683. The molecule has 0 rings (SSSR count). The lowest BCUT2D eigenvalue weighted by atomic mass is 10.3. The van der Waals surface area contributed by atoms with Crippen molar-refractivity contribution in [1.82, 2.24) is 0 Å². The van der Waals surface area contributed by atoms with E-state index in [0.29, 0.717) is 5.92 Å². The van der Waals surface area contributed by atoms with Crippen LogP contribution in [0.1, 0.15) is 13.8 Å². The molecule has 0 saturated carbocycles. The van der Waals surface area contributed by atoms with Crippen LogP contribution in [0, 0.1) is 5.92 Å². The van der Waals surface area contributed by atoms with Crippen molar-refractivity contribution in [3.8, 4) is 0 Å². The van der Waals surface area contributed by atoms with E-state index >= 15 is 0 Å². The second kappa shape index (κ2) is 4.20. The Labute approximate surface area is 66.0 Å². The number of rotatable bonds is 4. The maximum atomic E-state index is 10.1. The van der Waals surface area contributed by atoms with E-state index in [4.69, 9.17) is 4.55 Å². The van der Waals surface area contributed by atoms with Crippen LogP contribution in [-0.2, 0) is 10.1 Å². The summed E-state index contributed by atoms with van der Waals surface area (Å²) in [5, 5.41) is -0.189.